The van der Waals surface area contributed by atoms with Gasteiger partial charge in [0, 0.05) is 49.2 Å². The number of amides is 3. The van der Waals surface area contributed by atoms with E-state index in [2.05, 4.69) is 15.0 Å². The third-order valence-electron chi connectivity index (χ3n) is 12.5. The number of nitrogens with one attached hydrogen (secondary N) is 1. The predicted molar refractivity (Wildman–Crippen MR) is 302 cm³/mol. The molecule has 1 saturated heterocycles. The summed E-state index contributed by atoms with van der Waals surface area (Å²) < 4.78 is 145. The second-order valence-corrected chi connectivity index (χ2v) is 20.4. The van der Waals surface area contributed by atoms with E-state index >= 15 is 0 Å². The molecule has 3 aromatic carbocycles. The zero-order chi connectivity index (χ0) is 63.0. The van der Waals surface area contributed by atoms with Gasteiger partial charge in [0.2, 0.25) is 23.3 Å². The van der Waals surface area contributed by atoms with Crippen LogP contribution in [0.3, 0.4) is 0 Å². The van der Waals surface area contributed by atoms with Gasteiger partial charge < -0.3 is 73.2 Å². The van der Waals surface area contributed by atoms with Crippen molar-refractivity contribution in [2.24, 2.45) is 10.7 Å². The number of carbonyl (C=O) groups is 4. The first kappa shape index (κ1) is 71.7. The number of hydrogen-bond donors (Lipinski definition) is 4. The molecule has 0 spiro atoms. The van der Waals surface area contributed by atoms with Crippen LogP contribution in [0.15, 0.2) is 57.9 Å². The highest BCUT2D eigenvalue weighted by atomic mass is 32.2. The molecule has 1 fully saturated rings. The van der Waals surface area contributed by atoms with Crippen LogP contribution in [0.5, 0.6) is 5.75 Å². The van der Waals surface area contributed by atoms with E-state index in [0.29, 0.717) is 128 Å². The summed E-state index contributed by atoms with van der Waals surface area (Å²) in [5, 5.41) is 14.6. The van der Waals surface area contributed by atoms with Crippen molar-refractivity contribution in [3.63, 3.8) is 0 Å². The molecule has 2 aliphatic heterocycles. The molecule has 0 aliphatic carbocycles. The van der Waals surface area contributed by atoms with Crippen LogP contribution in [-0.2, 0) is 76.7 Å². The number of halogens is 4. The molecular formula is C57H77F4N5O20S. The van der Waals surface area contributed by atoms with Gasteiger partial charge in [-0.25, -0.2) is 18.8 Å². The average Bonchev–Trinajstić information content (AvgIpc) is 1.74. The van der Waals surface area contributed by atoms with Crippen LogP contribution >= 0.6 is 0 Å². The number of β-amino-alcohol motifs (C(OH)–C–C–N with tert-alkyl or cyclic N) is 1. The molecule has 25 nitrogen and oxygen atoms in total. The van der Waals surface area contributed by atoms with Crippen molar-refractivity contribution in [2.45, 2.75) is 56.6 Å². The zero-order valence-corrected chi connectivity index (χ0v) is 49.5. The Morgan fingerprint density at radius 1 is 0.678 bits per heavy atom. The van der Waals surface area contributed by atoms with E-state index in [1.54, 1.807) is 30.3 Å². The van der Waals surface area contributed by atoms with E-state index in [1.165, 1.54) is 9.96 Å². The fourth-order valence-electron chi connectivity index (χ4n) is 8.38. The van der Waals surface area contributed by atoms with Crippen molar-refractivity contribution in [2.75, 3.05) is 158 Å². The van der Waals surface area contributed by atoms with E-state index in [9.17, 15) is 50.3 Å². The smallest absolute Gasteiger partial charge is 0.313 e. The van der Waals surface area contributed by atoms with Gasteiger partial charge in [-0.1, -0.05) is 31.2 Å². The number of nitrogens with zero attached hydrogens (tertiary/aromatic N) is 3. The minimum atomic E-state index is -5.66. The molecule has 2 heterocycles. The maximum atomic E-state index is 14.0. The summed E-state index contributed by atoms with van der Waals surface area (Å²) >= 11 is 0. The molecule has 0 bridgehead atoms. The number of aliphatic hydroxyl groups excluding tert-OH is 1. The molecule has 0 aromatic heterocycles. The Balaban J connectivity index is 0.776. The summed E-state index contributed by atoms with van der Waals surface area (Å²) in [4.78, 5) is 61.3. The van der Waals surface area contributed by atoms with Gasteiger partial charge in [0.05, 0.1) is 157 Å². The number of fused-ring (bicyclic) bond motifs is 1. The summed E-state index contributed by atoms with van der Waals surface area (Å²) in [5.41, 5.74) is 10.1. The molecule has 2 aliphatic rings. The molecule has 3 aromatic rings. The average molecular weight is 1260 g/mol. The molecule has 0 saturated carbocycles. The molecule has 3 amide bonds. The third kappa shape index (κ3) is 24.4. The summed E-state index contributed by atoms with van der Waals surface area (Å²) in [6, 6.07) is 11.8. The number of hydroxylamine groups is 2. The van der Waals surface area contributed by atoms with E-state index in [0.717, 1.165) is 23.1 Å². The topological polar surface area (TPSA) is 311 Å². The maximum absolute atomic E-state index is 14.0. The Hall–Kier alpha value is -6.10. The maximum Gasteiger partial charge on any atom is 0.313 e. The fourth-order valence-corrected chi connectivity index (χ4v) is 9.01. The minimum Gasteiger partial charge on any atom is -0.420 e. The van der Waals surface area contributed by atoms with Gasteiger partial charge in [-0.2, -0.15) is 17.2 Å². The summed E-state index contributed by atoms with van der Waals surface area (Å²) in [7, 11) is -5.66. The Kier molecular flexibility index (Phi) is 32.1. The number of amidine groups is 1. The first-order chi connectivity index (χ1) is 41.9. The number of likely N-dealkylation sites (tertiary alicyclic amines) is 1. The van der Waals surface area contributed by atoms with Gasteiger partial charge in [0.15, 0.2) is 16.5 Å². The van der Waals surface area contributed by atoms with Crippen LogP contribution in [0.25, 0.3) is 17.2 Å². The van der Waals surface area contributed by atoms with E-state index < -0.39 is 68.6 Å². The second kappa shape index (κ2) is 39.0. The lowest BCUT2D eigenvalue weighted by molar-refractivity contribution is -0.180. The van der Waals surface area contributed by atoms with E-state index in [4.69, 9.17) is 62.5 Å². The third-order valence-corrected chi connectivity index (χ3v) is 13.4. The van der Waals surface area contributed by atoms with Gasteiger partial charge in [0.1, 0.15) is 11.9 Å². The molecule has 2 atom stereocenters. The van der Waals surface area contributed by atoms with Gasteiger partial charge in [-0.3, -0.25) is 28.6 Å². The number of aliphatic imine (C=N–C) groups is 1. The minimum absolute atomic E-state index is 0.0102. The summed E-state index contributed by atoms with van der Waals surface area (Å²) in [6.07, 6.45) is 1.36. The van der Waals surface area contributed by atoms with E-state index in [-0.39, 0.29) is 83.3 Å². The van der Waals surface area contributed by atoms with Gasteiger partial charge >= 0.3 is 16.1 Å². The summed E-state index contributed by atoms with van der Waals surface area (Å²) in [5.74, 6) is -13.4. The molecule has 5 rings (SSSR count). The standard InChI is InChI=1S/C57H77F4N5O20S/c1-3-13-66(85-4-2)57(71)43-34-42-10-9-41(35-45(42)64-47(62)36-43)39-5-7-40(8-6-39)56(70)65-38-44(67)37-46(65)55(69)63-12-15-76-17-19-78-21-23-80-25-27-82-29-31-84-33-32-83-30-28-81-26-24-79-22-20-77-18-16-75-14-11-48(68)86-53-49(58)51(60)54(87(72,73)74)52(61)50(53)59/h5-10,34-35,44,46,67H,3-4,11-33,36-38H2,1-2H3,(H2,62,64)(H,63,69)(H,72,73,74)/t44-,46-/m0/s1. The predicted octanol–water partition coefficient (Wildman–Crippen LogP) is 3.98. The van der Waals surface area contributed by atoms with Crippen LogP contribution in [0, 0.1) is 23.3 Å². The van der Waals surface area contributed by atoms with Crippen LogP contribution in [0.1, 0.15) is 55.5 Å². The Morgan fingerprint density at radius 2 is 1.15 bits per heavy atom. The number of rotatable bonds is 43. The first-order valence-corrected chi connectivity index (χ1v) is 29.7. The molecule has 87 heavy (non-hydrogen) atoms. The number of carbonyl (C=O) groups excluding carboxylic acids is 4. The van der Waals surface area contributed by atoms with Gasteiger partial charge in [-0.15, -0.1) is 0 Å². The van der Waals surface area contributed by atoms with Crippen molar-refractivity contribution in [3.8, 4) is 16.9 Å². The Labute approximate surface area is 501 Å². The van der Waals surface area contributed by atoms with Crippen LogP contribution in [0.4, 0.5) is 23.2 Å². The number of esters is 1. The molecular weight excluding hydrogens is 1180 g/mol. The van der Waals surface area contributed by atoms with Crippen molar-refractivity contribution in [1.29, 1.82) is 0 Å². The van der Waals surface area contributed by atoms with Gasteiger partial charge in [0.25, 0.3) is 11.8 Å². The fraction of sp³-hybridized carbons (Fsp3) is 0.561. The van der Waals surface area contributed by atoms with Crippen molar-refractivity contribution >= 4 is 51.4 Å². The van der Waals surface area contributed by atoms with Gasteiger partial charge in [-0.05, 0) is 48.7 Å². The van der Waals surface area contributed by atoms with Crippen molar-refractivity contribution in [1.82, 2.24) is 15.3 Å². The van der Waals surface area contributed by atoms with E-state index in [1.807, 2.05) is 32.0 Å². The lowest BCUT2D eigenvalue weighted by Crippen LogP contribution is -2.46. The number of aliphatic hydroxyl groups is 1. The SMILES string of the molecule is CCCN(OCC)C(=O)C1=Cc2ccc(-c3ccc(C(=O)N4C[C@@H](O)C[C@H]4C(=O)NCCOCCOCCOCCOCCOCCOCCOCCOCCOCCOCCC(=O)Oc4c(F)c(F)c(S(=O)(=O)O)c(F)c4F)cc3)cc2N=C(N)C1. The lowest BCUT2D eigenvalue weighted by Gasteiger charge is -2.24. The lowest BCUT2D eigenvalue weighted by atomic mass is 9.99. The summed E-state index contributed by atoms with van der Waals surface area (Å²) in [6.45, 7) is 10.2. The molecule has 0 radical (unpaired) electrons. The highest BCUT2D eigenvalue weighted by molar-refractivity contribution is 7.85. The Bertz CT molecular complexity index is 2800. The molecule has 0 unspecified atom stereocenters. The van der Waals surface area contributed by atoms with Crippen LogP contribution < -0.4 is 15.8 Å². The highest BCUT2D eigenvalue weighted by Crippen LogP contribution is 2.34. The Morgan fingerprint density at radius 3 is 1.62 bits per heavy atom. The number of benzene rings is 3. The molecule has 484 valence electrons. The molecule has 30 heteroatoms. The van der Waals surface area contributed by atoms with Crippen LogP contribution in [-0.4, -0.2) is 228 Å². The largest absolute Gasteiger partial charge is 0.420 e. The normalized spacial score (nSPS) is 15.0. The number of hydrogen-bond acceptors (Lipinski definition) is 21. The monoisotopic (exact) mass is 1260 g/mol. The number of nitrogens with two attached hydrogens (primary N) is 1. The zero-order valence-electron chi connectivity index (χ0n) is 48.7. The van der Waals surface area contributed by atoms with Crippen molar-refractivity contribution in [3.05, 3.63) is 82.4 Å². The quantitative estimate of drug-likeness (QED) is 0.0118. The second-order valence-electron chi connectivity index (χ2n) is 19.0. The van der Waals surface area contributed by atoms with Crippen molar-refractivity contribution < 1.29 is 112 Å². The first-order valence-electron chi connectivity index (χ1n) is 28.3. The highest BCUT2D eigenvalue weighted by Gasteiger charge is 2.39. The number of ether oxygens (including phenoxy) is 11. The molecule has 5 N–H and O–H groups in total. The van der Waals surface area contributed by atoms with Crippen LogP contribution in [0.2, 0.25) is 0 Å².